The van der Waals surface area contributed by atoms with Gasteiger partial charge in [-0.25, -0.2) is 8.42 Å². The standard InChI is InChI=1S/C10H19NO2S/c1-2-3-8-14(12,13)11-9-6-4-5-7-10(9)11/h9-10H,2-8H2,1H3/t9-,10-/m1/s1. The fourth-order valence-corrected chi connectivity index (χ4v) is 4.63. The zero-order valence-electron chi connectivity index (χ0n) is 8.78. The molecule has 0 aromatic heterocycles. The third-order valence-corrected chi connectivity index (χ3v) is 5.32. The largest absolute Gasteiger partial charge is 0.214 e. The molecule has 1 saturated heterocycles. The highest BCUT2D eigenvalue weighted by atomic mass is 32.2. The number of sulfonamides is 1. The van der Waals surface area contributed by atoms with Gasteiger partial charge in [-0.15, -0.1) is 0 Å². The molecule has 1 aliphatic heterocycles. The van der Waals surface area contributed by atoms with Crippen molar-refractivity contribution in [3.63, 3.8) is 0 Å². The van der Waals surface area contributed by atoms with Gasteiger partial charge in [0, 0.05) is 12.1 Å². The van der Waals surface area contributed by atoms with E-state index in [1.807, 2.05) is 6.92 Å². The Morgan fingerprint density at radius 1 is 1.21 bits per heavy atom. The Hall–Kier alpha value is -0.0900. The minimum Gasteiger partial charge on any atom is -0.212 e. The quantitative estimate of drug-likeness (QED) is 0.673. The molecule has 0 spiro atoms. The first-order chi connectivity index (χ1) is 6.67. The van der Waals surface area contributed by atoms with Crippen LogP contribution >= 0.6 is 0 Å². The van der Waals surface area contributed by atoms with Crippen molar-refractivity contribution in [1.29, 1.82) is 0 Å². The predicted octanol–water partition coefficient (Wildman–Crippen LogP) is 1.74. The number of fused-ring (bicyclic) bond motifs is 1. The molecular formula is C10H19NO2S. The lowest BCUT2D eigenvalue weighted by molar-refractivity contribution is 0.542. The van der Waals surface area contributed by atoms with E-state index in [1.54, 1.807) is 4.31 Å². The first-order valence-corrected chi connectivity index (χ1v) is 7.29. The zero-order chi connectivity index (χ0) is 10.2. The summed E-state index contributed by atoms with van der Waals surface area (Å²) in [6, 6.07) is 0.760. The average Bonchev–Trinajstić information content (AvgIpc) is 2.89. The van der Waals surface area contributed by atoms with Gasteiger partial charge in [0.05, 0.1) is 5.75 Å². The van der Waals surface area contributed by atoms with Gasteiger partial charge in [-0.3, -0.25) is 0 Å². The monoisotopic (exact) mass is 217 g/mol. The second-order valence-corrected chi connectivity index (χ2v) is 6.41. The molecule has 1 aliphatic carbocycles. The van der Waals surface area contributed by atoms with Crippen molar-refractivity contribution in [3.05, 3.63) is 0 Å². The molecule has 0 unspecified atom stereocenters. The summed E-state index contributed by atoms with van der Waals surface area (Å²) < 4.78 is 25.5. The van der Waals surface area contributed by atoms with Crippen LogP contribution in [-0.2, 0) is 10.0 Å². The molecule has 3 nitrogen and oxygen atoms in total. The molecule has 2 fully saturated rings. The SMILES string of the molecule is CCCCS(=O)(=O)N1[C@@H]2CCCC[C@H]21. The van der Waals surface area contributed by atoms with Gasteiger partial charge in [0.15, 0.2) is 0 Å². The van der Waals surface area contributed by atoms with Crippen LogP contribution in [0.4, 0.5) is 0 Å². The van der Waals surface area contributed by atoms with Crippen molar-refractivity contribution in [2.24, 2.45) is 0 Å². The summed E-state index contributed by atoms with van der Waals surface area (Å²) in [6.07, 6.45) is 6.37. The summed E-state index contributed by atoms with van der Waals surface area (Å²) in [5.74, 6) is 0.358. The van der Waals surface area contributed by atoms with Crippen LogP contribution in [0.3, 0.4) is 0 Å². The number of hydrogen-bond donors (Lipinski definition) is 0. The molecule has 14 heavy (non-hydrogen) atoms. The molecule has 0 radical (unpaired) electrons. The Bertz CT molecular complexity index is 287. The molecule has 0 aromatic rings. The number of hydrogen-bond acceptors (Lipinski definition) is 2. The molecule has 2 aliphatic rings. The van der Waals surface area contributed by atoms with Crippen LogP contribution in [0.1, 0.15) is 45.4 Å². The van der Waals surface area contributed by atoms with Crippen LogP contribution in [0.25, 0.3) is 0 Å². The first kappa shape index (κ1) is 10.4. The lowest BCUT2D eigenvalue weighted by Gasteiger charge is -2.04. The van der Waals surface area contributed by atoms with Gasteiger partial charge in [0.2, 0.25) is 10.0 Å². The number of nitrogens with zero attached hydrogens (tertiary/aromatic N) is 1. The third-order valence-electron chi connectivity index (χ3n) is 3.33. The number of rotatable bonds is 4. The highest BCUT2D eigenvalue weighted by Crippen LogP contribution is 2.42. The lowest BCUT2D eigenvalue weighted by atomic mass is 10.0. The summed E-state index contributed by atoms with van der Waals surface area (Å²) in [6.45, 7) is 2.03. The fraction of sp³-hybridized carbons (Fsp3) is 1.00. The summed E-state index contributed by atoms with van der Waals surface area (Å²) in [5.41, 5.74) is 0. The third kappa shape index (κ3) is 1.82. The van der Waals surface area contributed by atoms with Crippen molar-refractivity contribution < 1.29 is 8.42 Å². The van der Waals surface area contributed by atoms with E-state index >= 15 is 0 Å². The van der Waals surface area contributed by atoms with Gasteiger partial charge in [-0.2, -0.15) is 4.31 Å². The van der Waals surface area contributed by atoms with Crippen molar-refractivity contribution >= 4 is 10.0 Å². The van der Waals surface area contributed by atoms with Gasteiger partial charge in [0.1, 0.15) is 0 Å². The number of unbranched alkanes of at least 4 members (excludes halogenated alkanes) is 1. The molecule has 0 aromatic carbocycles. The fourth-order valence-electron chi connectivity index (χ4n) is 2.50. The van der Waals surface area contributed by atoms with Crippen molar-refractivity contribution in [2.75, 3.05) is 5.75 Å². The van der Waals surface area contributed by atoms with E-state index in [0.29, 0.717) is 17.8 Å². The molecular weight excluding hydrogens is 198 g/mol. The van der Waals surface area contributed by atoms with E-state index in [2.05, 4.69) is 0 Å². The Kier molecular flexibility index (Phi) is 2.84. The van der Waals surface area contributed by atoms with Gasteiger partial charge >= 0.3 is 0 Å². The topological polar surface area (TPSA) is 37.1 Å². The van der Waals surface area contributed by atoms with Crippen molar-refractivity contribution in [1.82, 2.24) is 4.31 Å². The Morgan fingerprint density at radius 2 is 1.79 bits per heavy atom. The van der Waals surface area contributed by atoms with E-state index in [0.717, 1.165) is 25.7 Å². The highest BCUT2D eigenvalue weighted by molar-refractivity contribution is 7.89. The van der Waals surface area contributed by atoms with E-state index < -0.39 is 10.0 Å². The molecule has 1 heterocycles. The zero-order valence-corrected chi connectivity index (χ0v) is 9.59. The second-order valence-electron chi connectivity index (χ2n) is 4.42. The van der Waals surface area contributed by atoms with E-state index in [4.69, 9.17) is 0 Å². The Morgan fingerprint density at radius 3 is 2.29 bits per heavy atom. The van der Waals surface area contributed by atoms with E-state index in [-0.39, 0.29) is 0 Å². The molecule has 2 rings (SSSR count). The molecule has 0 bridgehead atoms. The Labute approximate surface area is 86.5 Å². The van der Waals surface area contributed by atoms with Gasteiger partial charge in [-0.05, 0) is 19.3 Å². The van der Waals surface area contributed by atoms with Gasteiger partial charge in [-0.1, -0.05) is 26.2 Å². The van der Waals surface area contributed by atoms with Crippen LogP contribution in [-0.4, -0.2) is 30.6 Å². The van der Waals surface area contributed by atoms with Crippen molar-refractivity contribution in [3.8, 4) is 0 Å². The summed E-state index contributed by atoms with van der Waals surface area (Å²) in [5, 5.41) is 0. The normalized spacial score (nSPS) is 36.5. The summed E-state index contributed by atoms with van der Waals surface area (Å²) in [4.78, 5) is 0. The van der Waals surface area contributed by atoms with Crippen LogP contribution in [0.5, 0.6) is 0 Å². The maximum absolute atomic E-state index is 11.8. The van der Waals surface area contributed by atoms with Gasteiger partial charge < -0.3 is 0 Å². The molecule has 82 valence electrons. The molecule has 2 atom stereocenters. The highest BCUT2D eigenvalue weighted by Gasteiger charge is 2.54. The van der Waals surface area contributed by atoms with Crippen LogP contribution in [0.2, 0.25) is 0 Å². The smallest absolute Gasteiger partial charge is 0.212 e. The summed E-state index contributed by atoms with van der Waals surface area (Å²) >= 11 is 0. The minimum absolute atomic E-state index is 0.358. The van der Waals surface area contributed by atoms with Gasteiger partial charge in [0.25, 0.3) is 0 Å². The minimum atomic E-state index is -2.90. The molecule has 0 N–H and O–H groups in total. The van der Waals surface area contributed by atoms with Crippen LogP contribution < -0.4 is 0 Å². The van der Waals surface area contributed by atoms with Crippen molar-refractivity contribution in [2.45, 2.75) is 57.5 Å². The first-order valence-electron chi connectivity index (χ1n) is 5.68. The maximum atomic E-state index is 11.8. The van der Waals surface area contributed by atoms with E-state index in [9.17, 15) is 8.42 Å². The molecule has 1 saturated carbocycles. The second kappa shape index (κ2) is 3.81. The molecule has 0 amide bonds. The summed E-state index contributed by atoms with van der Waals surface area (Å²) in [7, 11) is -2.90. The molecule has 4 heteroatoms. The predicted molar refractivity (Wildman–Crippen MR) is 56.6 cm³/mol. The Balaban J connectivity index is 1.96. The van der Waals surface area contributed by atoms with Crippen LogP contribution in [0.15, 0.2) is 0 Å². The van der Waals surface area contributed by atoms with E-state index in [1.165, 1.54) is 12.8 Å². The van der Waals surface area contributed by atoms with Crippen LogP contribution in [0, 0.1) is 0 Å². The lowest BCUT2D eigenvalue weighted by Crippen LogP contribution is -2.18. The average molecular weight is 217 g/mol. The maximum Gasteiger partial charge on any atom is 0.214 e.